The van der Waals surface area contributed by atoms with E-state index in [1.807, 2.05) is 19.9 Å². The summed E-state index contributed by atoms with van der Waals surface area (Å²) in [6.45, 7) is 7.13. The standard InChI is InChI=1S/C15H22O5/c1-4-10-9(2)5-6-14-8-18-13(3)12(14)11(7-17-13)19-15(10,14)20-16/h4,9,11-12,16H,5-8H2,1-3H3/b10-4+/t9-,11+,12+,13+,14-,15+/m0/s1. The van der Waals surface area contributed by atoms with E-state index in [0.717, 1.165) is 18.4 Å². The molecule has 20 heavy (non-hydrogen) atoms. The second-order valence-corrected chi connectivity index (χ2v) is 6.80. The maximum absolute atomic E-state index is 9.76. The normalized spacial score (nSPS) is 59.0. The lowest BCUT2D eigenvalue weighted by Crippen LogP contribution is -2.56. The van der Waals surface area contributed by atoms with Crippen LogP contribution in [0.15, 0.2) is 11.6 Å². The summed E-state index contributed by atoms with van der Waals surface area (Å²) < 4.78 is 18.1. The third-order valence-corrected chi connectivity index (χ3v) is 6.03. The Hall–Kier alpha value is -0.460. The zero-order valence-corrected chi connectivity index (χ0v) is 12.2. The van der Waals surface area contributed by atoms with Gasteiger partial charge in [-0.3, -0.25) is 0 Å². The van der Waals surface area contributed by atoms with Crippen molar-refractivity contribution in [3.63, 3.8) is 0 Å². The molecule has 1 saturated carbocycles. The molecule has 0 radical (unpaired) electrons. The fourth-order valence-electron chi connectivity index (χ4n) is 5.20. The van der Waals surface area contributed by atoms with Crippen LogP contribution in [0.25, 0.3) is 0 Å². The lowest BCUT2D eigenvalue weighted by Gasteiger charge is -2.48. The van der Waals surface area contributed by atoms with Crippen LogP contribution >= 0.6 is 0 Å². The van der Waals surface area contributed by atoms with Crippen LogP contribution in [0, 0.1) is 17.3 Å². The smallest absolute Gasteiger partial charge is 0.232 e. The Bertz CT molecular complexity index is 477. The maximum atomic E-state index is 9.76. The highest BCUT2D eigenvalue weighted by atomic mass is 17.1. The Balaban J connectivity index is 1.89. The van der Waals surface area contributed by atoms with Crippen molar-refractivity contribution in [2.24, 2.45) is 17.3 Å². The molecule has 1 spiro atoms. The molecule has 0 amide bonds. The van der Waals surface area contributed by atoms with E-state index in [2.05, 4.69) is 6.92 Å². The first-order chi connectivity index (χ1) is 9.53. The Morgan fingerprint density at radius 3 is 2.90 bits per heavy atom. The van der Waals surface area contributed by atoms with Crippen LogP contribution in [0.4, 0.5) is 0 Å². The van der Waals surface area contributed by atoms with Gasteiger partial charge in [0.25, 0.3) is 0 Å². The van der Waals surface area contributed by atoms with Crippen molar-refractivity contribution in [2.75, 3.05) is 13.2 Å². The van der Waals surface area contributed by atoms with Crippen LogP contribution in [0.3, 0.4) is 0 Å². The number of allylic oxidation sites excluding steroid dienone is 1. The minimum atomic E-state index is -1.06. The largest absolute Gasteiger partial charge is 0.349 e. The van der Waals surface area contributed by atoms with Crippen molar-refractivity contribution in [3.8, 4) is 0 Å². The molecule has 112 valence electrons. The molecule has 5 heteroatoms. The van der Waals surface area contributed by atoms with Crippen LogP contribution in [0.2, 0.25) is 0 Å². The third-order valence-electron chi connectivity index (χ3n) is 6.03. The van der Waals surface area contributed by atoms with Gasteiger partial charge in [-0.15, -0.1) is 0 Å². The molecule has 5 nitrogen and oxygen atoms in total. The molecule has 1 N–H and O–H groups in total. The van der Waals surface area contributed by atoms with Gasteiger partial charge in [-0.1, -0.05) is 13.0 Å². The van der Waals surface area contributed by atoms with Crippen molar-refractivity contribution >= 4 is 0 Å². The zero-order valence-electron chi connectivity index (χ0n) is 12.2. The van der Waals surface area contributed by atoms with Gasteiger partial charge in [-0.05, 0) is 38.2 Å². The first kappa shape index (κ1) is 13.2. The number of hydrogen-bond acceptors (Lipinski definition) is 5. The van der Waals surface area contributed by atoms with Gasteiger partial charge < -0.3 is 14.2 Å². The van der Waals surface area contributed by atoms with E-state index in [1.165, 1.54) is 0 Å². The quantitative estimate of drug-likeness (QED) is 0.454. The summed E-state index contributed by atoms with van der Waals surface area (Å²) in [5.74, 6) is -1.21. The van der Waals surface area contributed by atoms with E-state index >= 15 is 0 Å². The molecule has 6 atom stereocenters. The summed E-state index contributed by atoms with van der Waals surface area (Å²) >= 11 is 0. The first-order valence-corrected chi connectivity index (χ1v) is 7.48. The summed E-state index contributed by atoms with van der Waals surface area (Å²) in [6.07, 6.45) is 3.93. The minimum absolute atomic E-state index is 0.0742. The van der Waals surface area contributed by atoms with Gasteiger partial charge in [-0.25, -0.2) is 5.26 Å². The van der Waals surface area contributed by atoms with Crippen molar-refractivity contribution < 1.29 is 24.4 Å². The highest BCUT2D eigenvalue weighted by molar-refractivity contribution is 5.31. The fourth-order valence-corrected chi connectivity index (χ4v) is 5.20. The van der Waals surface area contributed by atoms with Crippen molar-refractivity contribution in [3.05, 3.63) is 11.6 Å². The van der Waals surface area contributed by atoms with E-state index in [0.29, 0.717) is 19.1 Å². The van der Waals surface area contributed by atoms with Gasteiger partial charge >= 0.3 is 0 Å². The van der Waals surface area contributed by atoms with Gasteiger partial charge in [-0.2, -0.15) is 4.89 Å². The molecule has 1 aliphatic carbocycles. The molecule has 0 aromatic rings. The average Bonchev–Trinajstić information content (AvgIpc) is 3.02. The Morgan fingerprint density at radius 2 is 2.20 bits per heavy atom. The molecule has 3 saturated heterocycles. The predicted molar refractivity (Wildman–Crippen MR) is 69.7 cm³/mol. The van der Waals surface area contributed by atoms with Gasteiger partial charge in [0.05, 0.1) is 30.7 Å². The summed E-state index contributed by atoms with van der Waals surface area (Å²) in [5, 5.41) is 9.76. The second kappa shape index (κ2) is 3.84. The highest BCUT2D eigenvalue weighted by Gasteiger charge is 2.79. The molecule has 4 aliphatic rings. The summed E-state index contributed by atoms with van der Waals surface area (Å²) in [4.78, 5) is 5.05. The fraction of sp³-hybridized carbons (Fsp3) is 0.867. The number of rotatable bonds is 1. The predicted octanol–water partition coefficient (Wildman–Crippen LogP) is 2.33. The van der Waals surface area contributed by atoms with Crippen molar-refractivity contribution in [2.45, 2.75) is 51.3 Å². The highest BCUT2D eigenvalue weighted by Crippen LogP contribution is 2.69. The molecule has 3 aliphatic heterocycles. The number of ether oxygens (including phenoxy) is 3. The van der Waals surface area contributed by atoms with Crippen LogP contribution in [0.5, 0.6) is 0 Å². The van der Waals surface area contributed by atoms with E-state index in [4.69, 9.17) is 19.1 Å². The van der Waals surface area contributed by atoms with Crippen LogP contribution in [-0.4, -0.2) is 36.1 Å². The Kier molecular flexibility index (Phi) is 2.54. The number of hydrogen-bond donors (Lipinski definition) is 1. The van der Waals surface area contributed by atoms with Crippen molar-refractivity contribution in [1.82, 2.24) is 0 Å². The molecule has 0 bridgehead atoms. The summed E-state index contributed by atoms with van der Waals surface area (Å²) in [5.41, 5.74) is 0.694. The zero-order chi connectivity index (χ0) is 14.2. The maximum Gasteiger partial charge on any atom is 0.232 e. The Morgan fingerprint density at radius 1 is 1.40 bits per heavy atom. The van der Waals surface area contributed by atoms with E-state index < -0.39 is 11.6 Å². The minimum Gasteiger partial charge on any atom is -0.349 e. The van der Waals surface area contributed by atoms with E-state index in [1.54, 1.807) is 0 Å². The Labute approximate surface area is 118 Å². The molecule has 0 unspecified atom stereocenters. The molecule has 4 fully saturated rings. The molecular formula is C15H22O5. The first-order valence-electron chi connectivity index (χ1n) is 7.48. The second-order valence-electron chi connectivity index (χ2n) is 6.80. The average molecular weight is 282 g/mol. The summed E-state index contributed by atoms with van der Waals surface area (Å²) in [7, 11) is 0. The van der Waals surface area contributed by atoms with E-state index in [9.17, 15) is 5.26 Å². The molecule has 4 rings (SSSR count). The monoisotopic (exact) mass is 282 g/mol. The summed E-state index contributed by atoms with van der Waals surface area (Å²) in [6, 6.07) is 0. The van der Waals surface area contributed by atoms with Gasteiger partial charge in [0.15, 0.2) is 5.79 Å². The molecule has 0 aromatic carbocycles. The van der Waals surface area contributed by atoms with Crippen LogP contribution in [-0.2, 0) is 19.1 Å². The molecular weight excluding hydrogens is 260 g/mol. The van der Waals surface area contributed by atoms with Crippen molar-refractivity contribution in [1.29, 1.82) is 0 Å². The topological polar surface area (TPSA) is 57.2 Å². The third kappa shape index (κ3) is 1.19. The van der Waals surface area contributed by atoms with Gasteiger partial charge in [0.1, 0.15) is 0 Å². The molecule has 0 aromatic heterocycles. The van der Waals surface area contributed by atoms with Gasteiger partial charge in [0.2, 0.25) is 5.79 Å². The van der Waals surface area contributed by atoms with E-state index in [-0.39, 0.29) is 17.4 Å². The molecule has 3 heterocycles. The van der Waals surface area contributed by atoms with Crippen LogP contribution < -0.4 is 0 Å². The van der Waals surface area contributed by atoms with Crippen LogP contribution in [0.1, 0.15) is 33.6 Å². The lowest BCUT2D eigenvalue weighted by molar-refractivity contribution is -0.415. The lowest BCUT2D eigenvalue weighted by atomic mass is 9.59. The van der Waals surface area contributed by atoms with Gasteiger partial charge in [0, 0.05) is 0 Å². The SMILES string of the molecule is C/C=C1\[C@@H](C)CC[C@@]23CO[C@@]4(C)OC[C@@H](O[C@@]12OO)[C@H]43.